The van der Waals surface area contributed by atoms with E-state index in [-0.39, 0.29) is 10.7 Å². The van der Waals surface area contributed by atoms with Gasteiger partial charge in [-0.15, -0.1) is 5.10 Å². The monoisotopic (exact) mass is 145 g/mol. The summed E-state index contributed by atoms with van der Waals surface area (Å²) in [7, 11) is 0. The molecule has 0 atom stereocenters. The minimum Gasteiger partial charge on any atom is -0.268 e. The first-order chi connectivity index (χ1) is 4.22. The van der Waals surface area contributed by atoms with Crippen molar-refractivity contribution < 1.29 is 0 Å². The van der Waals surface area contributed by atoms with Gasteiger partial charge in [-0.1, -0.05) is 16.8 Å². The van der Waals surface area contributed by atoms with E-state index in [0.717, 1.165) is 0 Å². The Morgan fingerprint density at radius 3 is 2.78 bits per heavy atom. The Hall–Kier alpha value is -0.900. The molecule has 1 heterocycles. The first-order valence-corrected chi connectivity index (χ1v) is 2.67. The van der Waals surface area contributed by atoms with Crippen molar-refractivity contribution in [1.82, 2.24) is 15.4 Å². The molecule has 1 N–H and O–H groups in total. The number of hydrogen-bond acceptors (Lipinski definition) is 3. The lowest BCUT2D eigenvalue weighted by Crippen LogP contribution is -2.12. The maximum absolute atomic E-state index is 10.6. The van der Waals surface area contributed by atoms with E-state index in [9.17, 15) is 4.79 Å². The van der Waals surface area contributed by atoms with Gasteiger partial charge in [0.1, 0.15) is 0 Å². The number of aromatic amines is 1. The average Bonchev–Trinajstić information content (AvgIpc) is 1.83. The van der Waals surface area contributed by atoms with E-state index in [4.69, 9.17) is 11.6 Å². The number of hydrogen-bond donors (Lipinski definition) is 1. The van der Waals surface area contributed by atoms with E-state index in [1.54, 1.807) is 6.92 Å². The lowest BCUT2D eigenvalue weighted by atomic mass is 10.4. The van der Waals surface area contributed by atoms with Crippen LogP contribution in [0.3, 0.4) is 0 Å². The average molecular weight is 146 g/mol. The second-order valence-electron chi connectivity index (χ2n) is 1.56. The Balaban J connectivity index is 3.43. The minimum atomic E-state index is -0.296. The number of halogens is 1. The van der Waals surface area contributed by atoms with Crippen LogP contribution < -0.4 is 5.56 Å². The molecular weight excluding hydrogens is 142 g/mol. The Bertz CT molecular complexity index is 269. The van der Waals surface area contributed by atoms with E-state index in [0.29, 0.717) is 5.56 Å². The molecule has 48 valence electrons. The quantitative estimate of drug-likeness (QED) is 0.565. The second-order valence-corrected chi connectivity index (χ2v) is 1.91. The lowest BCUT2D eigenvalue weighted by Gasteiger charge is -1.88. The molecule has 9 heavy (non-hydrogen) atoms. The van der Waals surface area contributed by atoms with Crippen LogP contribution in [0.4, 0.5) is 0 Å². The molecule has 1 aromatic rings. The Morgan fingerprint density at radius 2 is 2.33 bits per heavy atom. The predicted molar refractivity (Wildman–Crippen MR) is 32.4 cm³/mol. The molecule has 0 spiro atoms. The molecule has 0 saturated carbocycles. The van der Waals surface area contributed by atoms with Crippen LogP contribution in [0.5, 0.6) is 0 Å². The van der Waals surface area contributed by atoms with Crippen molar-refractivity contribution in [1.29, 1.82) is 0 Å². The fourth-order valence-electron chi connectivity index (χ4n) is 0.367. The van der Waals surface area contributed by atoms with Gasteiger partial charge in [-0.05, 0) is 6.92 Å². The summed E-state index contributed by atoms with van der Waals surface area (Å²) >= 11 is 5.42. The Morgan fingerprint density at radius 1 is 1.67 bits per heavy atom. The molecule has 0 aliphatic rings. The standard InChI is InChI=1S/C4H4ClN3O/c1-2-3(5)6-8-7-4(2)9/h1H3,(H,6,7,9). The number of H-pyrrole nitrogens is 1. The normalized spacial score (nSPS) is 9.56. The van der Waals surface area contributed by atoms with Crippen LogP contribution in [0.25, 0.3) is 0 Å². The number of aromatic nitrogens is 3. The zero-order valence-corrected chi connectivity index (χ0v) is 5.44. The third-order valence-electron chi connectivity index (χ3n) is 0.939. The van der Waals surface area contributed by atoms with Crippen LogP contribution in [0.15, 0.2) is 4.79 Å². The largest absolute Gasteiger partial charge is 0.271 e. The van der Waals surface area contributed by atoms with Gasteiger partial charge in [-0.3, -0.25) is 4.79 Å². The molecule has 0 unspecified atom stereocenters. The predicted octanol–water partition coefficient (Wildman–Crippen LogP) is 0.127. The van der Waals surface area contributed by atoms with E-state index in [1.165, 1.54) is 0 Å². The van der Waals surface area contributed by atoms with Crippen molar-refractivity contribution in [3.63, 3.8) is 0 Å². The maximum Gasteiger partial charge on any atom is 0.271 e. The smallest absolute Gasteiger partial charge is 0.268 e. The molecular formula is C4H4ClN3O. The molecule has 0 aromatic carbocycles. The van der Waals surface area contributed by atoms with Crippen LogP contribution in [0, 0.1) is 6.92 Å². The summed E-state index contributed by atoms with van der Waals surface area (Å²) in [5, 5.41) is 8.92. The zero-order valence-electron chi connectivity index (χ0n) is 4.68. The molecule has 5 heteroatoms. The first-order valence-electron chi connectivity index (χ1n) is 2.29. The van der Waals surface area contributed by atoms with Crippen LogP contribution >= 0.6 is 11.6 Å². The summed E-state index contributed by atoms with van der Waals surface area (Å²) in [6.45, 7) is 1.58. The number of nitrogens with zero attached hydrogens (tertiary/aromatic N) is 2. The van der Waals surface area contributed by atoms with E-state index >= 15 is 0 Å². The van der Waals surface area contributed by atoms with Crippen LogP contribution in [-0.4, -0.2) is 15.4 Å². The third kappa shape index (κ3) is 1.08. The molecule has 0 fully saturated rings. The van der Waals surface area contributed by atoms with Gasteiger partial charge in [0, 0.05) is 0 Å². The van der Waals surface area contributed by atoms with Crippen molar-refractivity contribution >= 4 is 11.6 Å². The summed E-state index contributed by atoms with van der Waals surface area (Å²) in [6, 6.07) is 0. The van der Waals surface area contributed by atoms with Gasteiger partial charge in [0.2, 0.25) is 0 Å². The fraction of sp³-hybridized carbons (Fsp3) is 0.250. The van der Waals surface area contributed by atoms with Gasteiger partial charge in [-0.25, -0.2) is 5.10 Å². The molecule has 0 aliphatic heterocycles. The summed E-state index contributed by atoms with van der Waals surface area (Å²) in [4.78, 5) is 10.6. The van der Waals surface area contributed by atoms with E-state index in [1.807, 2.05) is 0 Å². The van der Waals surface area contributed by atoms with Crippen molar-refractivity contribution in [2.75, 3.05) is 0 Å². The molecule has 1 aromatic heterocycles. The number of nitrogens with one attached hydrogen (secondary N) is 1. The van der Waals surface area contributed by atoms with Crippen molar-refractivity contribution in [3.05, 3.63) is 21.1 Å². The fourth-order valence-corrected chi connectivity index (χ4v) is 0.490. The van der Waals surface area contributed by atoms with Crippen molar-refractivity contribution in [2.24, 2.45) is 0 Å². The third-order valence-corrected chi connectivity index (χ3v) is 1.30. The highest BCUT2D eigenvalue weighted by Gasteiger charge is 1.98. The molecule has 0 radical (unpaired) electrons. The van der Waals surface area contributed by atoms with Crippen LogP contribution in [0.2, 0.25) is 5.15 Å². The van der Waals surface area contributed by atoms with E-state index < -0.39 is 0 Å². The topological polar surface area (TPSA) is 58.6 Å². The van der Waals surface area contributed by atoms with Gasteiger partial charge in [0.25, 0.3) is 5.56 Å². The molecule has 0 saturated heterocycles. The van der Waals surface area contributed by atoms with Gasteiger partial charge in [0.15, 0.2) is 5.15 Å². The summed E-state index contributed by atoms with van der Waals surface area (Å²) in [6.07, 6.45) is 0. The molecule has 0 aliphatic carbocycles. The van der Waals surface area contributed by atoms with Crippen molar-refractivity contribution in [2.45, 2.75) is 6.92 Å². The lowest BCUT2D eigenvalue weighted by molar-refractivity contribution is 0.828. The molecule has 0 bridgehead atoms. The molecule has 1 rings (SSSR count). The summed E-state index contributed by atoms with van der Waals surface area (Å²) in [5.41, 5.74) is 0.0988. The Kier molecular flexibility index (Phi) is 1.48. The maximum atomic E-state index is 10.6. The highest BCUT2D eigenvalue weighted by atomic mass is 35.5. The number of rotatable bonds is 0. The minimum absolute atomic E-state index is 0.152. The van der Waals surface area contributed by atoms with Gasteiger partial charge in [-0.2, -0.15) is 0 Å². The SMILES string of the molecule is Cc1c(Cl)nn[nH]c1=O. The second kappa shape index (κ2) is 2.14. The zero-order chi connectivity index (χ0) is 6.85. The highest BCUT2D eigenvalue weighted by Crippen LogP contribution is 2.01. The highest BCUT2D eigenvalue weighted by molar-refractivity contribution is 6.29. The van der Waals surface area contributed by atoms with Crippen LogP contribution in [0.1, 0.15) is 5.56 Å². The summed E-state index contributed by atoms with van der Waals surface area (Å²) < 4.78 is 0. The van der Waals surface area contributed by atoms with Gasteiger partial charge in [0.05, 0.1) is 5.56 Å². The molecule has 4 nitrogen and oxygen atoms in total. The Labute approximate surface area is 55.9 Å². The van der Waals surface area contributed by atoms with Crippen molar-refractivity contribution in [3.8, 4) is 0 Å². The van der Waals surface area contributed by atoms with Gasteiger partial charge < -0.3 is 0 Å². The van der Waals surface area contributed by atoms with E-state index in [2.05, 4.69) is 15.4 Å². The van der Waals surface area contributed by atoms with Gasteiger partial charge >= 0.3 is 0 Å². The van der Waals surface area contributed by atoms with Crippen LogP contribution in [-0.2, 0) is 0 Å². The summed E-state index contributed by atoms with van der Waals surface area (Å²) in [5.74, 6) is 0. The molecule has 0 amide bonds. The first kappa shape index (κ1) is 6.22.